The smallest absolute Gasteiger partial charge is 0.326 e. The highest BCUT2D eigenvalue weighted by Gasteiger charge is 2.41. The molecule has 0 radical (unpaired) electrons. The van der Waals surface area contributed by atoms with E-state index in [2.05, 4.69) is 62.8 Å². The van der Waals surface area contributed by atoms with Crippen molar-refractivity contribution in [1.82, 2.24) is 62.4 Å². The second-order valence-corrected chi connectivity index (χ2v) is 21.0. The van der Waals surface area contributed by atoms with Gasteiger partial charge in [-0.05, 0) is 48.6 Å². The van der Waals surface area contributed by atoms with E-state index < -0.39 is 145 Å². The van der Waals surface area contributed by atoms with Crippen molar-refractivity contribution >= 4 is 82.0 Å². The lowest BCUT2D eigenvalue weighted by Gasteiger charge is -2.34. The molecule has 0 spiro atoms. The van der Waals surface area contributed by atoms with Gasteiger partial charge >= 0.3 is 11.9 Å². The van der Waals surface area contributed by atoms with Gasteiger partial charge in [0.25, 0.3) is 0 Å². The number of aliphatic carboxylic acids is 2. The predicted molar refractivity (Wildman–Crippen MR) is 287 cm³/mol. The number of hydrogen-bond donors (Lipinski definition) is 14. The summed E-state index contributed by atoms with van der Waals surface area (Å²) in [5, 5.41) is 43.6. The number of carboxylic acid groups (broad SMARTS) is 2. The van der Waals surface area contributed by atoms with E-state index in [1.165, 1.54) is 17.1 Å². The molecule has 0 saturated carbocycles. The molecule has 11 unspecified atom stereocenters. The molecule has 2 aromatic heterocycles. The normalized spacial score (nSPS) is 24.4. The molecule has 1 fully saturated rings. The van der Waals surface area contributed by atoms with Crippen LogP contribution in [-0.2, 0) is 65.6 Å². The van der Waals surface area contributed by atoms with Crippen molar-refractivity contribution in [2.45, 2.75) is 154 Å². The number of carbonyl (C=O) groups excluding carboxylic acids is 9. The van der Waals surface area contributed by atoms with Crippen LogP contribution in [0.1, 0.15) is 109 Å². The molecule has 7 bridgehead atoms. The van der Waals surface area contributed by atoms with Gasteiger partial charge in [-0.15, -0.1) is 0 Å². The van der Waals surface area contributed by atoms with Gasteiger partial charge in [0.15, 0.2) is 5.96 Å². The Kier molecular flexibility index (Phi) is 20.3. The fourth-order valence-electron chi connectivity index (χ4n) is 10.0. The highest BCUT2D eigenvalue weighted by Crippen LogP contribution is 2.35. The lowest BCUT2D eigenvalue weighted by atomic mass is 9.81. The third-order valence-electron chi connectivity index (χ3n) is 14.8. The molecule has 434 valence electrons. The molecule has 28 nitrogen and oxygen atoms in total. The highest BCUT2D eigenvalue weighted by atomic mass is 16.4. The van der Waals surface area contributed by atoms with Gasteiger partial charge < -0.3 is 74.5 Å². The summed E-state index contributed by atoms with van der Waals surface area (Å²) in [7, 11) is 0. The molecule has 16 N–H and O–H groups in total. The number of guanidine groups is 1. The molecular formula is C52H73N15O13. The van der Waals surface area contributed by atoms with Crippen LogP contribution >= 0.6 is 0 Å². The second-order valence-electron chi connectivity index (χ2n) is 21.0. The summed E-state index contributed by atoms with van der Waals surface area (Å²) in [6.07, 6.45) is 2.19. The van der Waals surface area contributed by atoms with Crippen LogP contribution in [0.3, 0.4) is 0 Å². The Balaban J connectivity index is 1.59. The number of aromatic amines is 1. The summed E-state index contributed by atoms with van der Waals surface area (Å²) in [4.78, 5) is 163. The monoisotopic (exact) mass is 1120 g/mol. The molecule has 6 heterocycles. The summed E-state index contributed by atoms with van der Waals surface area (Å²) in [6.45, 7) is 10.0. The Bertz CT molecular complexity index is 2900. The van der Waals surface area contributed by atoms with Crippen LogP contribution in [0.2, 0.25) is 0 Å². The van der Waals surface area contributed by atoms with Gasteiger partial charge in [-0.2, -0.15) is 0 Å². The fourth-order valence-corrected chi connectivity index (χ4v) is 10.0. The van der Waals surface area contributed by atoms with E-state index in [0.29, 0.717) is 34.9 Å². The molecule has 4 aliphatic rings. The Labute approximate surface area is 460 Å². The predicted octanol–water partition coefficient (Wildman–Crippen LogP) is -2.30. The number of carboxylic acids is 2. The number of amides is 9. The number of fused-ring (bicyclic) bond motifs is 13. The molecule has 1 saturated heterocycles. The molecular weight excluding hydrogens is 1040 g/mol. The van der Waals surface area contributed by atoms with Gasteiger partial charge in [0.05, 0.1) is 18.7 Å². The second kappa shape index (κ2) is 26.8. The maximum atomic E-state index is 15.0. The first-order chi connectivity index (χ1) is 37.9. The Morgan fingerprint density at radius 1 is 0.800 bits per heavy atom. The zero-order chi connectivity index (χ0) is 58.7. The lowest BCUT2D eigenvalue weighted by molar-refractivity contribution is -0.147. The summed E-state index contributed by atoms with van der Waals surface area (Å²) in [6, 6.07) is -6.01. The van der Waals surface area contributed by atoms with Gasteiger partial charge in [-0.25, -0.2) is 9.78 Å². The zero-order valence-corrected chi connectivity index (χ0v) is 45.5. The van der Waals surface area contributed by atoms with Gasteiger partial charge in [-0.3, -0.25) is 57.5 Å². The van der Waals surface area contributed by atoms with Crippen LogP contribution in [0.5, 0.6) is 0 Å². The molecule has 3 aromatic rings. The van der Waals surface area contributed by atoms with E-state index in [1.807, 2.05) is 20.8 Å². The van der Waals surface area contributed by atoms with Crippen LogP contribution in [0.4, 0.5) is 0 Å². The molecule has 1 aromatic carbocycles. The third-order valence-corrected chi connectivity index (χ3v) is 14.8. The van der Waals surface area contributed by atoms with Crippen LogP contribution in [0.25, 0.3) is 16.7 Å². The maximum absolute atomic E-state index is 15.0. The lowest BCUT2D eigenvalue weighted by Crippen LogP contribution is -2.62. The van der Waals surface area contributed by atoms with Crippen molar-refractivity contribution in [2.75, 3.05) is 13.1 Å². The van der Waals surface area contributed by atoms with Gasteiger partial charge in [0.1, 0.15) is 60.5 Å². The van der Waals surface area contributed by atoms with Gasteiger partial charge in [0, 0.05) is 54.4 Å². The molecule has 28 heteroatoms. The number of imidazole rings is 1. The fraction of sp³-hybridized carbons (Fsp3) is 0.558. The third kappa shape index (κ3) is 15.2. The average Bonchev–Trinajstić information content (AvgIpc) is 4.17. The number of aromatic nitrogens is 3. The maximum Gasteiger partial charge on any atom is 0.326 e. The van der Waals surface area contributed by atoms with Crippen molar-refractivity contribution in [3.8, 4) is 5.82 Å². The number of nitrogens with two attached hydrogens (primary N) is 2. The van der Waals surface area contributed by atoms with E-state index in [4.69, 9.17) is 11.5 Å². The molecule has 11 atom stereocenters. The average molecular weight is 1120 g/mol. The first kappa shape index (κ1) is 60.6. The van der Waals surface area contributed by atoms with E-state index in [1.54, 1.807) is 39.0 Å². The Morgan fingerprint density at radius 3 is 2.08 bits per heavy atom. The van der Waals surface area contributed by atoms with Crippen molar-refractivity contribution in [2.24, 2.45) is 34.2 Å². The van der Waals surface area contributed by atoms with E-state index >= 15 is 4.79 Å². The minimum Gasteiger partial charge on any atom is -0.481 e. The first-order valence-electron chi connectivity index (χ1n) is 26.8. The van der Waals surface area contributed by atoms with Crippen LogP contribution < -0.4 is 59.3 Å². The first-order valence-corrected chi connectivity index (χ1v) is 26.8. The standard InChI is InChI=1S/C52H73N15O13/c1-7-24(5)40-48(76)62-34-18-29-28-12-11-26(39(23(3)4)42(66-45(73)31-13-14-36(68)58-31)50(78)65-41(25(6)8-2)49(77)64-40)16-32(28)60-43(29)67-21-27(57-22-67)17-33(46(74)63-35(51(79)80)19-38(70)71)59-37(69)20-56-44(72)30(61-47(34)75)10-9-15-55-52(53)54/h11-12,16,21-25,30-31,33-35,39-42,60H,7-10,13-15,17-20H2,1-6H3,(H,56,72)(H,58,68)(H,59,69)(H,61,75)(H,62,76)(H,63,74)(H,64,77)(H,65,78)(H,66,73)(H,70,71)(H,79,80)(H4,53,54,55). The Morgan fingerprint density at radius 2 is 1.46 bits per heavy atom. The van der Waals surface area contributed by atoms with Crippen LogP contribution in [0, 0.1) is 17.8 Å². The highest BCUT2D eigenvalue weighted by molar-refractivity contribution is 6.00. The summed E-state index contributed by atoms with van der Waals surface area (Å²) < 4.78 is 1.51. The molecule has 0 aliphatic carbocycles. The number of hydrogen-bond acceptors (Lipinski definition) is 13. The summed E-state index contributed by atoms with van der Waals surface area (Å²) >= 11 is 0. The molecule has 4 aliphatic heterocycles. The minimum absolute atomic E-state index is 0.0178. The molecule has 80 heavy (non-hydrogen) atoms. The topological polar surface area (TPSA) is 435 Å². The van der Waals surface area contributed by atoms with Gasteiger partial charge in [0.2, 0.25) is 53.2 Å². The van der Waals surface area contributed by atoms with Crippen molar-refractivity contribution in [1.29, 1.82) is 0 Å². The van der Waals surface area contributed by atoms with Crippen molar-refractivity contribution < 1.29 is 63.0 Å². The number of rotatable bonds is 16. The number of aliphatic imine (C=N–C) groups is 1. The van der Waals surface area contributed by atoms with E-state index in [0.717, 1.165) is 0 Å². The Hall–Kier alpha value is -8.59. The number of benzene rings is 1. The minimum atomic E-state index is -1.90. The van der Waals surface area contributed by atoms with Crippen molar-refractivity contribution in [3.63, 3.8) is 0 Å². The zero-order valence-electron chi connectivity index (χ0n) is 45.5. The van der Waals surface area contributed by atoms with E-state index in [-0.39, 0.29) is 67.9 Å². The van der Waals surface area contributed by atoms with Crippen LogP contribution in [0.15, 0.2) is 35.7 Å². The molecule has 7 rings (SSSR count). The largest absolute Gasteiger partial charge is 0.481 e. The van der Waals surface area contributed by atoms with Crippen LogP contribution in [-0.4, -0.2) is 157 Å². The SMILES string of the molecule is CCC(C)C1NC(=O)C(C(C)CC)NC(=O)C(NC(=O)C2CCC(=O)N2)C(C(C)C)c2ccc3c4c([nH]c3c2)-n2cnc(c2)CC(C(=O)NC(CC(=O)O)C(=O)O)NC(=O)CNC(=O)C(CCCN=C(N)N)NC(=O)C(C4)NC1=O. The summed E-state index contributed by atoms with van der Waals surface area (Å²) in [5.74, 6) is -12.4. The number of H-pyrrole nitrogens is 1. The molecule has 9 amide bonds. The van der Waals surface area contributed by atoms with E-state index in [9.17, 15) is 58.2 Å². The quantitative estimate of drug-likeness (QED) is 0.0310. The number of carbonyl (C=O) groups is 11. The number of nitrogens with one attached hydrogen (secondary N) is 10. The van der Waals surface area contributed by atoms with Crippen molar-refractivity contribution in [3.05, 3.63) is 47.5 Å². The summed E-state index contributed by atoms with van der Waals surface area (Å²) in [5.41, 5.74) is 12.6. The number of nitrogens with zero attached hydrogens (tertiary/aromatic N) is 3. The van der Waals surface area contributed by atoms with Gasteiger partial charge in [-0.1, -0.05) is 66.5 Å².